The van der Waals surface area contributed by atoms with Crippen LogP contribution in [-0.2, 0) is 11.2 Å². The summed E-state index contributed by atoms with van der Waals surface area (Å²) in [6.45, 7) is 1.42. The van der Waals surface area contributed by atoms with E-state index in [0.717, 1.165) is 12.0 Å². The maximum absolute atomic E-state index is 12.0. The molecule has 2 N–H and O–H groups in total. The first-order valence-electron chi connectivity index (χ1n) is 7.06. The van der Waals surface area contributed by atoms with Gasteiger partial charge in [0.15, 0.2) is 0 Å². The maximum Gasteiger partial charge on any atom is 0.317 e. The molecule has 0 saturated carbocycles. The van der Waals surface area contributed by atoms with Crippen molar-refractivity contribution < 1.29 is 14.7 Å². The molecular weight excluding hydrogens is 292 g/mol. The third-order valence-corrected chi connectivity index (χ3v) is 3.87. The lowest BCUT2D eigenvalue weighted by Gasteiger charge is -2.30. The fourth-order valence-corrected chi connectivity index (χ4v) is 2.69. The summed E-state index contributed by atoms with van der Waals surface area (Å²) < 4.78 is 0. The number of carboxylic acids is 1. The van der Waals surface area contributed by atoms with Crippen LogP contribution in [0.5, 0.6) is 0 Å². The van der Waals surface area contributed by atoms with Crippen LogP contribution in [0.15, 0.2) is 24.3 Å². The molecule has 1 aromatic rings. The van der Waals surface area contributed by atoms with Gasteiger partial charge in [-0.15, -0.1) is 0 Å². The summed E-state index contributed by atoms with van der Waals surface area (Å²) in [5, 5.41) is 12.5. The molecule has 114 valence electrons. The first kappa shape index (κ1) is 15.6. The Morgan fingerprint density at radius 2 is 2.24 bits per heavy atom. The number of hydrogen-bond acceptors (Lipinski definition) is 2. The normalized spacial score (nSPS) is 18.3. The number of nitrogens with one attached hydrogen (secondary N) is 1. The standard InChI is InChI=1S/C15H19ClN2O3/c16-13-5-1-3-11(9-13)6-7-17-15(21)18-8-2-4-12(10-18)14(19)20/h1,3,5,9,12H,2,4,6-8,10H2,(H,17,21)(H,19,20). The van der Waals surface area contributed by atoms with Gasteiger partial charge in [0.2, 0.25) is 0 Å². The van der Waals surface area contributed by atoms with E-state index in [-0.39, 0.29) is 6.03 Å². The zero-order chi connectivity index (χ0) is 15.2. The number of carbonyl (C=O) groups is 2. The van der Waals surface area contributed by atoms with Crippen LogP contribution in [0.4, 0.5) is 4.79 Å². The molecule has 6 heteroatoms. The topological polar surface area (TPSA) is 69.6 Å². The second kappa shape index (κ2) is 7.31. The molecule has 1 aliphatic heterocycles. The number of nitrogens with zero attached hydrogens (tertiary/aromatic N) is 1. The molecule has 2 amide bonds. The van der Waals surface area contributed by atoms with E-state index in [1.54, 1.807) is 4.90 Å². The number of aliphatic carboxylic acids is 1. The van der Waals surface area contributed by atoms with E-state index in [1.165, 1.54) is 0 Å². The lowest BCUT2D eigenvalue weighted by molar-refractivity contribution is -0.143. The molecule has 1 unspecified atom stereocenters. The summed E-state index contributed by atoms with van der Waals surface area (Å²) >= 11 is 5.90. The van der Waals surface area contributed by atoms with Crippen molar-refractivity contribution in [3.63, 3.8) is 0 Å². The predicted molar refractivity (Wildman–Crippen MR) is 80.5 cm³/mol. The number of piperidine rings is 1. The van der Waals surface area contributed by atoms with Crippen molar-refractivity contribution >= 4 is 23.6 Å². The van der Waals surface area contributed by atoms with E-state index >= 15 is 0 Å². The third kappa shape index (κ3) is 4.63. The molecule has 2 rings (SSSR count). The van der Waals surface area contributed by atoms with E-state index in [2.05, 4.69) is 5.32 Å². The lowest BCUT2D eigenvalue weighted by atomic mass is 9.99. The lowest BCUT2D eigenvalue weighted by Crippen LogP contribution is -2.47. The number of hydrogen-bond donors (Lipinski definition) is 2. The summed E-state index contributed by atoms with van der Waals surface area (Å²) in [5.41, 5.74) is 1.06. The number of amides is 2. The average Bonchev–Trinajstić information content (AvgIpc) is 2.47. The number of urea groups is 1. The van der Waals surface area contributed by atoms with Crippen molar-refractivity contribution in [1.29, 1.82) is 0 Å². The van der Waals surface area contributed by atoms with Gasteiger partial charge >= 0.3 is 12.0 Å². The summed E-state index contributed by atoms with van der Waals surface area (Å²) in [7, 11) is 0. The van der Waals surface area contributed by atoms with Crippen molar-refractivity contribution in [3.05, 3.63) is 34.9 Å². The zero-order valence-corrected chi connectivity index (χ0v) is 12.5. The third-order valence-electron chi connectivity index (χ3n) is 3.64. The van der Waals surface area contributed by atoms with Crippen LogP contribution in [-0.4, -0.2) is 41.6 Å². The summed E-state index contributed by atoms with van der Waals surface area (Å²) in [6.07, 6.45) is 2.07. The van der Waals surface area contributed by atoms with Crippen molar-refractivity contribution in [1.82, 2.24) is 10.2 Å². The predicted octanol–water partition coefficient (Wildman–Crippen LogP) is 2.39. The fraction of sp³-hybridized carbons (Fsp3) is 0.467. The molecule has 1 aliphatic rings. The minimum Gasteiger partial charge on any atom is -0.481 e. The van der Waals surface area contributed by atoms with Gasteiger partial charge in [0.05, 0.1) is 5.92 Å². The van der Waals surface area contributed by atoms with E-state index in [9.17, 15) is 9.59 Å². The molecular formula is C15H19ClN2O3. The monoisotopic (exact) mass is 310 g/mol. The van der Waals surface area contributed by atoms with E-state index in [0.29, 0.717) is 37.5 Å². The van der Waals surface area contributed by atoms with Gasteiger partial charge in [-0.25, -0.2) is 4.79 Å². The van der Waals surface area contributed by atoms with E-state index in [4.69, 9.17) is 16.7 Å². The Labute approximate surface area is 128 Å². The van der Waals surface area contributed by atoms with Crippen molar-refractivity contribution in [2.45, 2.75) is 19.3 Å². The van der Waals surface area contributed by atoms with Crippen LogP contribution in [0.3, 0.4) is 0 Å². The molecule has 1 atom stereocenters. The molecule has 0 aromatic heterocycles. The van der Waals surface area contributed by atoms with Crippen LogP contribution in [0.1, 0.15) is 18.4 Å². The Morgan fingerprint density at radius 3 is 2.95 bits per heavy atom. The average molecular weight is 311 g/mol. The van der Waals surface area contributed by atoms with Crippen LogP contribution in [0.25, 0.3) is 0 Å². The van der Waals surface area contributed by atoms with Gasteiger partial charge < -0.3 is 15.3 Å². The molecule has 0 spiro atoms. The number of rotatable bonds is 4. The number of carboxylic acid groups (broad SMARTS) is 1. The Bertz CT molecular complexity index is 521. The highest BCUT2D eigenvalue weighted by Gasteiger charge is 2.27. The zero-order valence-electron chi connectivity index (χ0n) is 11.7. The van der Waals surface area contributed by atoms with Crippen molar-refractivity contribution in [2.24, 2.45) is 5.92 Å². The molecule has 0 bridgehead atoms. The van der Waals surface area contributed by atoms with Gasteiger partial charge in [-0.2, -0.15) is 0 Å². The Kier molecular flexibility index (Phi) is 5.44. The Hall–Kier alpha value is -1.75. The number of likely N-dealkylation sites (tertiary alicyclic amines) is 1. The molecule has 0 radical (unpaired) electrons. The second-order valence-electron chi connectivity index (χ2n) is 5.24. The van der Waals surface area contributed by atoms with Gasteiger partial charge in [0.25, 0.3) is 0 Å². The number of carbonyl (C=O) groups excluding carboxylic acids is 1. The molecule has 1 saturated heterocycles. The van der Waals surface area contributed by atoms with Gasteiger partial charge in [-0.1, -0.05) is 23.7 Å². The Balaban J connectivity index is 1.78. The maximum atomic E-state index is 12.0. The Morgan fingerprint density at radius 1 is 1.43 bits per heavy atom. The second-order valence-corrected chi connectivity index (χ2v) is 5.67. The number of benzene rings is 1. The van der Waals surface area contributed by atoms with Gasteiger partial charge in [0, 0.05) is 24.7 Å². The van der Waals surface area contributed by atoms with E-state index in [1.807, 2.05) is 24.3 Å². The quantitative estimate of drug-likeness (QED) is 0.897. The van der Waals surface area contributed by atoms with Crippen molar-refractivity contribution in [3.8, 4) is 0 Å². The highest BCUT2D eigenvalue weighted by atomic mass is 35.5. The SMILES string of the molecule is O=C(O)C1CCCN(C(=O)NCCc2cccc(Cl)c2)C1. The molecule has 0 aliphatic carbocycles. The largest absolute Gasteiger partial charge is 0.481 e. The minimum absolute atomic E-state index is 0.192. The summed E-state index contributed by atoms with van der Waals surface area (Å²) in [6, 6.07) is 7.32. The molecule has 21 heavy (non-hydrogen) atoms. The highest BCUT2D eigenvalue weighted by Crippen LogP contribution is 2.16. The van der Waals surface area contributed by atoms with Crippen LogP contribution in [0, 0.1) is 5.92 Å². The van der Waals surface area contributed by atoms with Gasteiger partial charge in [-0.3, -0.25) is 4.79 Å². The van der Waals surface area contributed by atoms with Crippen LogP contribution < -0.4 is 5.32 Å². The molecule has 1 fully saturated rings. The van der Waals surface area contributed by atoms with Gasteiger partial charge in [0.1, 0.15) is 0 Å². The van der Waals surface area contributed by atoms with Crippen LogP contribution in [0.2, 0.25) is 5.02 Å². The van der Waals surface area contributed by atoms with Crippen molar-refractivity contribution in [2.75, 3.05) is 19.6 Å². The molecule has 1 aromatic carbocycles. The van der Waals surface area contributed by atoms with Gasteiger partial charge in [-0.05, 0) is 37.0 Å². The smallest absolute Gasteiger partial charge is 0.317 e. The minimum atomic E-state index is -0.827. The highest BCUT2D eigenvalue weighted by molar-refractivity contribution is 6.30. The summed E-state index contributed by atoms with van der Waals surface area (Å²) in [4.78, 5) is 24.6. The molecule has 5 nitrogen and oxygen atoms in total. The molecule has 1 heterocycles. The number of halogens is 1. The van der Waals surface area contributed by atoms with E-state index < -0.39 is 11.9 Å². The first-order valence-corrected chi connectivity index (χ1v) is 7.44. The van der Waals surface area contributed by atoms with Crippen LogP contribution >= 0.6 is 11.6 Å². The first-order chi connectivity index (χ1) is 10.1. The fourth-order valence-electron chi connectivity index (χ4n) is 2.48. The summed E-state index contributed by atoms with van der Waals surface area (Å²) in [5.74, 6) is -1.27.